The highest BCUT2D eigenvalue weighted by molar-refractivity contribution is 7.53. The summed E-state index contributed by atoms with van der Waals surface area (Å²) in [6.07, 6.45) is 25.2. The Morgan fingerprint density at radius 3 is 1.98 bits per heavy atom. The highest BCUT2D eigenvalue weighted by atomic mass is 31.2. The van der Waals surface area contributed by atoms with Gasteiger partial charge in [0, 0.05) is 6.61 Å². The molecule has 3 rings (SSSR count). The van der Waals surface area contributed by atoms with Crippen LogP contribution in [-0.2, 0) is 36.2 Å². The maximum Gasteiger partial charge on any atom is 0.356 e. The largest absolute Gasteiger partial charge is 0.379 e. The Hall–Kier alpha value is -2.16. The van der Waals surface area contributed by atoms with Gasteiger partial charge in [0.1, 0.15) is 18.2 Å². The molecule has 3 aromatic rings. The number of rotatable bonds is 30. The summed E-state index contributed by atoms with van der Waals surface area (Å²) in [5, 5.41) is 0. The number of hydrogen-bond acceptors (Lipinski definition) is 8. The number of aromatic nitrogens is 4. The molecule has 0 saturated heterocycles. The summed E-state index contributed by atoms with van der Waals surface area (Å²) in [4.78, 5) is 13.1. The quantitative estimate of drug-likeness (QED) is 0.0505. The SMILES string of the molecule is CCCCCCCCCCCCCCCCCCOCCOP(=O)(CO[C@H](CC)Cn1cnc2c(C)ncnc21)OCc1ccccc1. The van der Waals surface area contributed by atoms with Crippen LogP contribution in [0.15, 0.2) is 43.0 Å². The van der Waals surface area contributed by atoms with Gasteiger partial charge in [-0.05, 0) is 25.3 Å². The summed E-state index contributed by atoms with van der Waals surface area (Å²) in [6.45, 7) is 8.18. The molecule has 0 bridgehead atoms. The van der Waals surface area contributed by atoms with Crippen molar-refractivity contribution in [3.63, 3.8) is 0 Å². The van der Waals surface area contributed by atoms with Crippen molar-refractivity contribution in [1.82, 2.24) is 19.5 Å². The van der Waals surface area contributed by atoms with E-state index in [1.807, 2.05) is 48.7 Å². The second-order valence-corrected chi connectivity index (χ2v) is 15.0. The fraction of sp³-hybridized carbons (Fsp3) is 0.711. The number of ether oxygens (including phenoxy) is 2. The van der Waals surface area contributed by atoms with Crippen LogP contribution in [0.1, 0.15) is 134 Å². The Labute approximate surface area is 290 Å². The van der Waals surface area contributed by atoms with Crippen LogP contribution in [0, 0.1) is 6.92 Å². The molecule has 0 aliphatic heterocycles. The van der Waals surface area contributed by atoms with E-state index in [-0.39, 0.29) is 25.7 Å². The Morgan fingerprint density at radius 1 is 0.729 bits per heavy atom. The van der Waals surface area contributed by atoms with Gasteiger partial charge in [0.15, 0.2) is 5.65 Å². The molecule has 0 radical (unpaired) electrons. The van der Waals surface area contributed by atoms with Crippen molar-refractivity contribution in [2.75, 3.05) is 26.2 Å². The Morgan fingerprint density at radius 2 is 1.35 bits per heavy atom. The van der Waals surface area contributed by atoms with Crippen molar-refractivity contribution >= 4 is 18.8 Å². The Bertz CT molecular complexity index is 1270. The molecule has 0 spiro atoms. The average Bonchev–Trinajstić information content (AvgIpc) is 3.52. The predicted molar refractivity (Wildman–Crippen MR) is 195 cm³/mol. The molecule has 9 nitrogen and oxygen atoms in total. The van der Waals surface area contributed by atoms with Crippen molar-refractivity contribution in [3.8, 4) is 0 Å². The van der Waals surface area contributed by atoms with E-state index >= 15 is 0 Å². The monoisotopic (exact) mass is 686 g/mol. The summed E-state index contributed by atoms with van der Waals surface area (Å²) in [5.74, 6) is 0. The van der Waals surface area contributed by atoms with Crippen LogP contribution in [-0.4, -0.2) is 51.8 Å². The van der Waals surface area contributed by atoms with Gasteiger partial charge in [-0.3, -0.25) is 4.57 Å². The third-order valence-corrected chi connectivity index (χ3v) is 10.4. The van der Waals surface area contributed by atoms with Gasteiger partial charge in [0.2, 0.25) is 0 Å². The Kier molecular flexibility index (Phi) is 20.9. The van der Waals surface area contributed by atoms with E-state index in [1.54, 1.807) is 12.7 Å². The minimum absolute atomic E-state index is 0.141. The van der Waals surface area contributed by atoms with Gasteiger partial charge < -0.3 is 23.1 Å². The first kappa shape index (κ1) is 40.3. The van der Waals surface area contributed by atoms with E-state index in [4.69, 9.17) is 18.5 Å². The molecule has 2 heterocycles. The van der Waals surface area contributed by atoms with Gasteiger partial charge in [-0.15, -0.1) is 0 Å². The van der Waals surface area contributed by atoms with Gasteiger partial charge in [-0.1, -0.05) is 140 Å². The van der Waals surface area contributed by atoms with Crippen molar-refractivity contribution < 1.29 is 23.1 Å². The second-order valence-electron chi connectivity index (χ2n) is 13.0. The van der Waals surface area contributed by atoms with E-state index in [1.165, 1.54) is 96.3 Å². The summed E-state index contributed by atoms with van der Waals surface area (Å²) >= 11 is 0. The normalized spacial score (nSPS) is 13.6. The van der Waals surface area contributed by atoms with Crippen LogP contribution in [0.25, 0.3) is 11.2 Å². The molecule has 0 amide bonds. The first-order valence-electron chi connectivity index (χ1n) is 18.8. The van der Waals surface area contributed by atoms with Crippen LogP contribution in [0.2, 0.25) is 0 Å². The Balaban J connectivity index is 1.27. The predicted octanol–water partition coefficient (Wildman–Crippen LogP) is 10.6. The molecule has 0 fully saturated rings. The lowest BCUT2D eigenvalue weighted by Gasteiger charge is -2.22. The van der Waals surface area contributed by atoms with Crippen LogP contribution in [0.3, 0.4) is 0 Å². The topological polar surface area (TPSA) is 97.6 Å². The van der Waals surface area contributed by atoms with E-state index < -0.39 is 7.60 Å². The highest BCUT2D eigenvalue weighted by Gasteiger charge is 2.27. The zero-order valence-corrected chi connectivity index (χ0v) is 31.1. The van der Waals surface area contributed by atoms with Gasteiger partial charge in [-0.25, -0.2) is 15.0 Å². The second kappa shape index (κ2) is 24.9. The lowest BCUT2D eigenvalue weighted by Crippen LogP contribution is -2.21. The standard InChI is InChI=1S/C38H63N4O5P/c1-4-6-7-8-9-10-11-12-13-14-15-16-17-18-19-23-26-44-27-28-46-48(43,47-30-35-24-21-20-22-25-35)33-45-36(5-2)29-42-32-41-37-34(3)39-31-40-38(37)42/h20-22,24-25,31-32,36H,4-19,23,26-30,33H2,1-3H3/t36-,48?/m1/s1. The molecule has 0 aliphatic rings. The fourth-order valence-corrected chi connectivity index (χ4v) is 7.11. The maximum atomic E-state index is 13.8. The minimum Gasteiger partial charge on any atom is -0.379 e. The summed E-state index contributed by atoms with van der Waals surface area (Å²) in [6, 6.07) is 9.69. The number of aryl methyl sites for hydroxylation is 1. The zero-order chi connectivity index (χ0) is 34.1. The number of fused-ring (bicyclic) bond motifs is 1. The van der Waals surface area contributed by atoms with Crippen molar-refractivity contribution in [2.24, 2.45) is 0 Å². The number of imidazole rings is 1. The van der Waals surface area contributed by atoms with Crippen molar-refractivity contribution in [1.29, 1.82) is 0 Å². The molecular weight excluding hydrogens is 623 g/mol. The maximum absolute atomic E-state index is 13.8. The van der Waals surface area contributed by atoms with Crippen LogP contribution in [0.5, 0.6) is 0 Å². The molecule has 2 aromatic heterocycles. The van der Waals surface area contributed by atoms with Crippen LogP contribution < -0.4 is 0 Å². The van der Waals surface area contributed by atoms with Crippen molar-refractivity contribution in [2.45, 2.75) is 149 Å². The van der Waals surface area contributed by atoms with Gasteiger partial charge in [-0.2, -0.15) is 0 Å². The van der Waals surface area contributed by atoms with Gasteiger partial charge in [0.25, 0.3) is 0 Å². The third kappa shape index (κ3) is 16.5. The van der Waals surface area contributed by atoms with Gasteiger partial charge in [0.05, 0.1) is 44.5 Å². The third-order valence-electron chi connectivity index (χ3n) is 8.84. The van der Waals surface area contributed by atoms with Crippen LogP contribution in [0.4, 0.5) is 0 Å². The summed E-state index contributed by atoms with van der Waals surface area (Å²) in [5.41, 5.74) is 3.28. The minimum atomic E-state index is -3.54. The molecule has 10 heteroatoms. The van der Waals surface area contributed by atoms with E-state index in [0.29, 0.717) is 26.2 Å². The first-order valence-corrected chi connectivity index (χ1v) is 20.5. The first-order chi connectivity index (χ1) is 23.5. The highest BCUT2D eigenvalue weighted by Crippen LogP contribution is 2.49. The number of hydrogen-bond donors (Lipinski definition) is 0. The van der Waals surface area contributed by atoms with Crippen LogP contribution >= 0.6 is 7.60 Å². The number of nitrogens with zero attached hydrogens (tertiary/aromatic N) is 4. The lowest BCUT2D eigenvalue weighted by molar-refractivity contribution is 0.0430. The van der Waals surface area contributed by atoms with Gasteiger partial charge >= 0.3 is 7.60 Å². The smallest absolute Gasteiger partial charge is 0.356 e. The molecule has 48 heavy (non-hydrogen) atoms. The summed E-state index contributed by atoms with van der Waals surface area (Å²) in [7, 11) is -3.54. The zero-order valence-electron chi connectivity index (χ0n) is 30.2. The number of unbranched alkanes of at least 4 members (excludes halogenated alkanes) is 15. The molecule has 0 saturated carbocycles. The fourth-order valence-electron chi connectivity index (χ4n) is 5.80. The molecule has 0 aliphatic carbocycles. The average molecular weight is 687 g/mol. The van der Waals surface area contributed by atoms with E-state index in [0.717, 1.165) is 28.8 Å². The van der Waals surface area contributed by atoms with E-state index in [9.17, 15) is 4.57 Å². The molecule has 2 atom stereocenters. The van der Waals surface area contributed by atoms with Crippen molar-refractivity contribution in [3.05, 3.63) is 54.2 Å². The molecular formula is C38H63N4O5P. The lowest BCUT2D eigenvalue weighted by atomic mass is 10.0. The van der Waals surface area contributed by atoms with E-state index in [2.05, 4.69) is 21.9 Å². The molecule has 270 valence electrons. The summed E-state index contributed by atoms with van der Waals surface area (Å²) < 4.78 is 39.4. The molecule has 0 N–H and O–H groups in total. The molecule has 1 aromatic carbocycles. The molecule has 1 unspecified atom stereocenters. The number of benzene rings is 1.